The van der Waals surface area contributed by atoms with Crippen LogP contribution in [0.2, 0.25) is 0 Å². The molecule has 138 valence electrons. The fraction of sp³-hybridized carbons (Fsp3) is 0.600. The largest absolute Gasteiger partial charge is 0.478 e. The molecule has 0 amide bonds. The van der Waals surface area contributed by atoms with Gasteiger partial charge in [-0.25, -0.2) is 4.79 Å². The first-order valence-corrected chi connectivity index (χ1v) is 9.11. The van der Waals surface area contributed by atoms with Crippen molar-refractivity contribution < 1.29 is 19.5 Å². The zero-order chi connectivity index (χ0) is 19.0. The molecule has 0 spiro atoms. The molecule has 0 atom stereocenters. The molecular weight excluding hydrogens is 318 g/mol. The Bertz CT molecular complexity index is 687. The van der Waals surface area contributed by atoms with Gasteiger partial charge in [-0.2, -0.15) is 0 Å². The Morgan fingerprint density at radius 1 is 1.00 bits per heavy atom. The van der Waals surface area contributed by atoms with Gasteiger partial charge in [0.05, 0.1) is 16.6 Å². The topological polar surface area (TPSA) is 66.8 Å². The van der Waals surface area contributed by atoms with Crippen molar-refractivity contribution in [3.05, 3.63) is 34.4 Å². The number of carbonyl (C=O) groups is 2. The van der Waals surface area contributed by atoms with Crippen molar-refractivity contribution in [2.75, 3.05) is 0 Å². The summed E-state index contributed by atoms with van der Waals surface area (Å²) >= 11 is 0. The van der Waals surface area contributed by atoms with Gasteiger partial charge in [-0.1, -0.05) is 33.8 Å². The number of nitrogens with zero attached hydrogens (tertiary/aromatic N) is 1. The summed E-state index contributed by atoms with van der Waals surface area (Å²) in [7, 11) is 0. The van der Waals surface area contributed by atoms with E-state index in [1.54, 1.807) is 6.07 Å². The molecule has 25 heavy (non-hydrogen) atoms. The van der Waals surface area contributed by atoms with Crippen LogP contribution in [0.4, 0.5) is 0 Å². The zero-order valence-electron chi connectivity index (χ0n) is 16.1. The molecule has 5 nitrogen and oxygen atoms in total. The SMILES string of the molecule is CCC1(CC)c2cc(C)c(C(=O)O)cc2C(CC)(CC)N1OC(C)=O. The predicted octanol–water partition coefficient (Wildman–Crippen LogP) is 4.52. The summed E-state index contributed by atoms with van der Waals surface area (Å²) in [5, 5.41) is 11.4. The Morgan fingerprint density at radius 2 is 1.44 bits per heavy atom. The van der Waals surface area contributed by atoms with Crippen molar-refractivity contribution in [1.29, 1.82) is 0 Å². The number of aryl methyl sites for hydroxylation is 1. The van der Waals surface area contributed by atoms with Crippen LogP contribution in [0.3, 0.4) is 0 Å². The first kappa shape index (κ1) is 19.4. The molecule has 1 aromatic carbocycles. The van der Waals surface area contributed by atoms with E-state index < -0.39 is 17.0 Å². The van der Waals surface area contributed by atoms with Gasteiger partial charge in [0.2, 0.25) is 0 Å². The first-order chi connectivity index (χ1) is 11.7. The summed E-state index contributed by atoms with van der Waals surface area (Å²) in [5.41, 5.74) is 2.18. The second kappa shape index (κ2) is 6.79. The molecule has 0 fully saturated rings. The second-order valence-electron chi connectivity index (χ2n) is 6.87. The van der Waals surface area contributed by atoms with E-state index in [0.29, 0.717) is 5.56 Å². The number of hydroxylamine groups is 2. The van der Waals surface area contributed by atoms with E-state index in [-0.39, 0.29) is 5.97 Å². The van der Waals surface area contributed by atoms with Gasteiger partial charge in [-0.15, -0.1) is 5.06 Å². The molecule has 0 saturated carbocycles. The van der Waals surface area contributed by atoms with Crippen molar-refractivity contribution in [1.82, 2.24) is 5.06 Å². The van der Waals surface area contributed by atoms with E-state index in [1.165, 1.54) is 6.92 Å². The lowest BCUT2D eigenvalue weighted by atomic mass is 9.81. The molecule has 0 bridgehead atoms. The van der Waals surface area contributed by atoms with Crippen LogP contribution >= 0.6 is 0 Å². The average Bonchev–Trinajstić information content (AvgIpc) is 2.79. The van der Waals surface area contributed by atoms with E-state index in [9.17, 15) is 14.7 Å². The lowest BCUT2D eigenvalue weighted by molar-refractivity contribution is -0.264. The van der Waals surface area contributed by atoms with Crippen LogP contribution < -0.4 is 0 Å². The molecule has 1 heterocycles. The second-order valence-corrected chi connectivity index (χ2v) is 6.87. The molecule has 2 rings (SSSR count). The lowest BCUT2D eigenvalue weighted by Crippen LogP contribution is -2.51. The molecule has 0 unspecified atom stereocenters. The molecule has 0 aliphatic carbocycles. The molecular formula is C20H29NO4. The fourth-order valence-corrected chi connectivity index (χ4v) is 4.48. The number of carbonyl (C=O) groups excluding carboxylic acids is 1. The molecule has 1 aliphatic heterocycles. The van der Waals surface area contributed by atoms with Gasteiger partial charge in [0, 0.05) is 6.92 Å². The number of hydrogen-bond donors (Lipinski definition) is 1. The van der Waals surface area contributed by atoms with Crippen molar-refractivity contribution in [3.8, 4) is 0 Å². The summed E-state index contributed by atoms with van der Waals surface area (Å²) in [4.78, 5) is 29.3. The third-order valence-corrected chi connectivity index (χ3v) is 5.93. The molecule has 5 heteroatoms. The first-order valence-electron chi connectivity index (χ1n) is 9.11. The van der Waals surface area contributed by atoms with Crippen LogP contribution in [0.15, 0.2) is 12.1 Å². The van der Waals surface area contributed by atoms with Gasteiger partial charge in [0.25, 0.3) is 0 Å². The van der Waals surface area contributed by atoms with Gasteiger partial charge < -0.3 is 9.94 Å². The Morgan fingerprint density at radius 3 is 1.80 bits per heavy atom. The minimum atomic E-state index is -0.925. The highest BCUT2D eigenvalue weighted by Gasteiger charge is 2.58. The van der Waals surface area contributed by atoms with Crippen LogP contribution in [-0.2, 0) is 20.7 Å². The van der Waals surface area contributed by atoms with Gasteiger partial charge in [-0.3, -0.25) is 4.79 Å². The third-order valence-electron chi connectivity index (χ3n) is 5.93. The summed E-state index contributed by atoms with van der Waals surface area (Å²) in [6.45, 7) is 11.5. The zero-order valence-corrected chi connectivity index (χ0v) is 16.1. The molecule has 0 radical (unpaired) electrons. The Kier molecular flexibility index (Phi) is 5.28. The summed E-state index contributed by atoms with van der Waals surface area (Å²) in [6.07, 6.45) is 3.01. The molecule has 1 N–H and O–H groups in total. The van der Waals surface area contributed by atoms with Gasteiger partial charge in [0.15, 0.2) is 0 Å². The molecule has 0 aromatic heterocycles. The highest BCUT2D eigenvalue weighted by molar-refractivity contribution is 5.90. The van der Waals surface area contributed by atoms with Crippen molar-refractivity contribution in [2.24, 2.45) is 0 Å². The standard InChI is InChI=1S/C20H29NO4/c1-7-19(8-2)16-11-13(5)15(18(23)24)12-17(16)20(9-3,10-4)21(19)25-14(6)22/h11-12H,7-10H2,1-6H3,(H,23,24). The normalized spacial score (nSPS) is 18.0. The van der Waals surface area contributed by atoms with Gasteiger partial charge in [-0.05, 0) is 55.4 Å². The van der Waals surface area contributed by atoms with Crippen molar-refractivity contribution in [2.45, 2.75) is 78.3 Å². The van der Waals surface area contributed by atoms with Gasteiger partial charge in [0.1, 0.15) is 0 Å². The maximum atomic E-state index is 11.9. The minimum Gasteiger partial charge on any atom is -0.478 e. The average molecular weight is 347 g/mol. The monoisotopic (exact) mass is 347 g/mol. The summed E-state index contributed by atoms with van der Waals surface area (Å²) in [5.74, 6) is -1.27. The van der Waals surface area contributed by atoms with E-state index in [1.807, 2.05) is 18.1 Å². The number of rotatable bonds is 6. The van der Waals surface area contributed by atoms with Gasteiger partial charge >= 0.3 is 11.9 Å². The van der Waals surface area contributed by atoms with E-state index in [2.05, 4.69) is 27.7 Å². The number of carboxylic acid groups (broad SMARTS) is 1. The Balaban J connectivity index is 2.87. The maximum absolute atomic E-state index is 11.9. The van der Waals surface area contributed by atoms with Crippen LogP contribution in [0, 0.1) is 6.92 Å². The number of hydrogen-bond acceptors (Lipinski definition) is 4. The highest BCUT2D eigenvalue weighted by Crippen LogP contribution is 2.56. The van der Waals surface area contributed by atoms with Crippen LogP contribution in [0.5, 0.6) is 0 Å². The van der Waals surface area contributed by atoms with E-state index >= 15 is 0 Å². The smallest absolute Gasteiger partial charge is 0.335 e. The third kappa shape index (κ3) is 2.65. The fourth-order valence-electron chi connectivity index (χ4n) is 4.48. The number of benzene rings is 1. The number of fused-ring (bicyclic) bond motifs is 1. The summed E-state index contributed by atoms with van der Waals surface area (Å²) < 4.78 is 0. The lowest BCUT2D eigenvalue weighted by Gasteiger charge is -2.44. The van der Waals surface area contributed by atoms with Crippen LogP contribution in [0.1, 0.15) is 87.4 Å². The maximum Gasteiger partial charge on any atom is 0.335 e. The summed E-state index contributed by atoms with van der Waals surface area (Å²) in [6, 6.07) is 3.78. The predicted molar refractivity (Wildman–Crippen MR) is 96.3 cm³/mol. The van der Waals surface area contributed by atoms with Crippen LogP contribution in [-0.4, -0.2) is 22.1 Å². The minimum absolute atomic E-state index is 0.316. The molecule has 1 aliphatic rings. The number of aromatic carboxylic acids is 1. The van der Waals surface area contributed by atoms with Crippen molar-refractivity contribution in [3.63, 3.8) is 0 Å². The molecule has 1 aromatic rings. The quantitative estimate of drug-likeness (QED) is 0.819. The van der Waals surface area contributed by atoms with E-state index in [0.717, 1.165) is 42.4 Å². The van der Waals surface area contributed by atoms with Crippen LogP contribution in [0.25, 0.3) is 0 Å². The Labute approximate surface area is 149 Å². The number of carboxylic acids is 1. The van der Waals surface area contributed by atoms with E-state index in [4.69, 9.17) is 4.84 Å². The molecule has 0 saturated heterocycles. The van der Waals surface area contributed by atoms with Crippen molar-refractivity contribution >= 4 is 11.9 Å². The Hall–Kier alpha value is -1.88. The highest BCUT2D eigenvalue weighted by atomic mass is 16.7.